The number of benzene rings is 1. The van der Waals surface area contributed by atoms with Gasteiger partial charge in [-0.2, -0.15) is 0 Å². The van der Waals surface area contributed by atoms with Gasteiger partial charge in [0.25, 0.3) is 0 Å². The first-order chi connectivity index (χ1) is 7.54. The van der Waals surface area contributed by atoms with Crippen molar-refractivity contribution in [3.05, 3.63) is 22.2 Å². The first-order valence-electron chi connectivity index (χ1n) is 5.16. The van der Waals surface area contributed by atoms with E-state index >= 15 is 0 Å². The molecule has 0 aromatic heterocycles. The van der Waals surface area contributed by atoms with E-state index in [4.69, 9.17) is 34.0 Å². The van der Waals surface area contributed by atoms with Gasteiger partial charge in [-0.15, -0.1) is 0 Å². The highest BCUT2D eigenvalue weighted by molar-refractivity contribution is 6.42. The Labute approximate surface area is 106 Å². The SMILES string of the molecule is CC(CCCO)Nc1cc(Cl)c(Cl)cc1N. The summed E-state index contributed by atoms with van der Waals surface area (Å²) < 4.78 is 0. The van der Waals surface area contributed by atoms with Gasteiger partial charge in [-0.3, -0.25) is 0 Å². The zero-order valence-electron chi connectivity index (χ0n) is 9.13. The summed E-state index contributed by atoms with van der Waals surface area (Å²) >= 11 is 11.7. The molecule has 1 atom stereocenters. The van der Waals surface area contributed by atoms with E-state index in [-0.39, 0.29) is 12.6 Å². The molecular formula is C11H16Cl2N2O. The van der Waals surface area contributed by atoms with Crippen molar-refractivity contribution in [2.45, 2.75) is 25.8 Å². The number of aliphatic hydroxyl groups excluding tert-OH is 1. The monoisotopic (exact) mass is 262 g/mol. The lowest BCUT2D eigenvalue weighted by atomic mass is 10.1. The van der Waals surface area contributed by atoms with Gasteiger partial charge < -0.3 is 16.2 Å². The summed E-state index contributed by atoms with van der Waals surface area (Å²) in [5, 5.41) is 12.9. The molecule has 0 spiro atoms. The second-order valence-corrected chi connectivity index (χ2v) is 4.58. The molecule has 1 rings (SSSR count). The highest BCUT2D eigenvalue weighted by Crippen LogP contribution is 2.31. The second kappa shape index (κ2) is 6.18. The number of hydrogen-bond donors (Lipinski definition) is 3. The molecule has 0 bridgehead atoms. The van der Waals surface area contributed by atoms with Crippen LogP contribution in [0.5, 0.6) is 0 Å². The van der Waals surface area contributed by atoms with Gasteiger partial charge in [0.15, 0.2) is 0 Å². The first kappa shape index (κ1) is 13.4. The van der Waals surface area contributed by atoms with Crippen LogP contribution >= 0.6 is 23.2 Å². The average Bonchev–Trinajstić information content (AvgIpc) is 2.23. The maximum absolute atomic E-state index is 8.73. The molecule has 0 saturated carbocycles. The van der Waals surface area contributed by atoms with Crippen molar-refractivity contribution in [1.29, 1.82) is 0 Å². The van der Waals surface area contributed by atoms with Gasteiger partial charge in [0, 0.05) is 12.6 Å². The number of aliphatic hydroxyl groups is 1. The van der Waals surface area contributed by atoms with E-state index in [1.54, 1.807) is 12.1 Å². The fourth-order valence-electron chi connectivity index (χ4n) is 1.42. The lowest BCUT2D eigenvalue weighted by molar-refractivity contribution is 0.282. The van der Waals surface area contributed by atoms with Crippen molar-refractivity contribution in [3.63, 3.8) is 0 Å². The van der Waals surface area contributed by atoms with E-state index < -0.39 is 0 Å². The van der Waals surface area contributed by atoms with Gasteiger partial charge in [0.2, 0.25) is 0 Å². The average molecular weight is 263 g/mol. The number of hydrogen-bond acceptors (Lipinski definition) is 3. The third-order valence-corrected chi connectivity index (χ3v) is 3.01. The molecule has 0 fully saturated rings. The van der Waals surface area contributed by atoms with Crippen LogP contribution in [-0.2, 0) is 0 Å². The van der Waals surface area contributed by atoms with Crippen LogP contribution in [0.25, 0.3) is 0 Å². The van der Waals surface area contributed by atoms with Gasteiger partial charge in [-0.1, -0.05) is 23.2 Å². The third-order valence-electron chi connectivity index (χ3n) is 2.29. The molecule has 0 aliphatic carbocycles. The molecule has 1 unspecified atom stereocenters. The van der Waals surface area contributed by atoms with Gasteiger partial charge in [-0.25, -0.2) is 0 Å². The Morgan fingerprint density at radius 1 is 1.38 bits per heavy atom. The molecule has 0 aliphatic heterocycles. The molecule has 0 amide bonds. The molecule has 3 nitrogen and oxygen atoms in total. The van der Waals surface area contributed by atoms with Crippen LogP contribution < -0.4 is 11.1 Å². The third kappa shape index (κ3) is 3.74. The number of nitrogen functional groups attached to an aromatic ring is 1. The van der Waals surface area contributed by atoms with E-state index in [1.165, 1.54) is 0 Å². The Balaban J connectivity index is 2.69. The molecule has 0 radical (unpaired) electrons. The lowest BCUT2D eigenvalue weighted by Gasteiger charge is -2.17. The fraction of sp³-hybridized carbons (Fsp3) is 0.455. The minimum atomic E-state index is 0.197. The highest BCUT2D eigenvalue weighted by Gasteiger charge is 2.07. The van der Waals surface area contributed by atoms with Crippen LogP contribution in [0.2, 0.25) is 10.0 Å². The molecule has 1 aromatic rings. The summed E-state index contributed by atoms with van der Waals surface area (Å²) in [6.07, 6.45) is 1.63. The summed E-state index contributed by atoms with van der Waals surface area (Å²) in [4.78, 5) is 0. The van der Waals surface area contributed by atoms with Crippen molar-refractivity contribution >= 4 is 34.6 Å². The molecule has 4 N–H and O–H groups in total. The predicted octanol–water partition coefficient (Wildman–Crippen LogP) is 3.15. The van der Waals surface area contributed by atoms with E-state index in [9.17, 15) is 0 Å². The maximum atomic E-state index is 8.73. The van der Waals surface area contributed by atoms with Crippen molar-refractivity contribution in [2.75, 3.05) is 17.7 Å². The summed E-state index contributed by atoms with van der Waals surface area (Å²) in [6, 6.07) is 3.58. The molecule has 0 aliphatic rings. The van der Waals surface area contributed by atoms with Crippen LogP contribution in [0, 0.1) is 0 Å². The zero-order chi connectivity index (χ0) is 12.1. The van der Waals surface area contributed by atoms with Crippen molar-refractivity contribution in [3.8, 4) is 0 Å². The van der Waals surface area contributed by atoms with Crippen LogP contribution in [0.3, 0.4) is 0 Å². The number of rotatable bonds is 5. The zero-order valence-corrected chi connectivity index (χ0v) is 10.6. The standard InChI is InChI=1S/C11H16Cl2N2O/c1-7(3-2-4-16)15-11-6-9(13)8(12)5-10(11)14/h5-7,15-16H,2-4,14H2,1H3. The number of nitrogens with two attached hydrogens (primary N) is 1. The summed E-state index contributed by atoms with van der Waals surface area (Å²) in [7, 11) is 0. The minimum absolute atomic E-state index is 0.197. The van der Waals surface area contributed by atoms with E-state index in [0.717, 1.165) is 18.5 Å². The summed E-state index contributed by atoms with van der Waals surface area (Å²) in [5.74, 6) is 0. The van der Waals surface area contributed by atoms with Crippen molar-refractivity contribution in [1.82, 2.24) is 0 Å². The first-order valence-corrected chi connectivity index (χ1v) is 5.92. The molecule has 5 heteroatoms. The topological polar surface area (TPSA) is 58.3 Å². The highest BCUT2D eigenvalue weighted by atomic mass is 35.5. The van der Waals surface area contributed by atoms with E-state index in [1.807, 2.05) is 6.92 Å². The lowest BCUT2D eigenvalue weighted by Crippen LogP contribution is -2.16. The van der Waals surface area contributed by atoms with E-state index in [2.05, 4.69) is 5.32 Å². The van der Waals surface area contributed by atoms with Crippen molar-refractivity contribution in [2.24, 2.45) is 0 Å². The number of nitrogens with one attached hydrogen (secondary N) is 1. The Hall–Kier alpha value is -0.640. The quantitative estimate of drug-likeness (QED) is 0.715. The van der Waals surface area contributed by atoms with Crippen LogP contribution in [0.15, 0.2) is 12.1 Å². The van der Waals surface area contributed by atoms with Gasteiger partial charge in [0.05, 0.1) is 21.4 Å². The maximum Gasteiger partial charge on any atom is 0.0614 e. The molecular weight excluding hydrogens is 247 g/mol. The van der Waals surface area contributed by atoms with Gasteiger partial charge in [-0.05, 0) is 31.9 Å². The van der Waals surface area contributed by atoms with E-state index in [0.29, 0.717) is 15.7 Å². The molecule has 16 heavy (non-hydrogen) atoms. The molecule has 0 saturated heterocycles. The van der Waals surface area contributed by atoms with Gasteiger partial charge in [0.1, 0.15) is 0 Å². The van der Waals surface area contributed by atoms with Crippen LogP contribution in [0.4, 0.5) is 11.4 Å². The number of halogens is 2. The summed E-state index contributed by atoms with van der Waals surface area (Å²) in [5.41, 5.74) is 7.16. The molecule has 1 aromatic carbocycles. The second-order valence-electron chi connectivity index (χ2n) is 3.76. The van der Waals surface area contributed by atoms with Crippen LogP contribution in [-0.4, -0.2) is 17.8 Å². The Bertz CT molecular complexity index is 358. The number of anilines is 2. The summed E-state index contributed by atoms with van der Waals surface area (Å²) in [6.45, 7) is 2.22. The smallest absolute Gasteiger partial charge is 0.0614 e. The predicted molar refractivity (Wildman–Crippen MR) is 70.3 cm³/mol. The Morgan fingerprint density at radius 3 is 2.62 bits per heavy atom. The van der Waals surface area contributed by atoms with Crippen LogP contribution in [0.1, 0.15) is 19.8 Å². The minimum Gasteiger partial charge on any atom is -0.397 e. The molecule has 0 heterocycles. The largest absolute Gasteiger partial charge is 0.397 e. The fourth-order valence-corrected chi connectivity index (χ4v) is 1.76. The molecule has 90 valence electrons. The Kier molecular flexibility index (Phi) is 5.19. The Morgan fingerprint density at radius 2 is 2.00 bits per heavy atom. The van der Waals surface area contributed by atoms with Gasteiger partial charge >= 0.3 is 0 Å². The van der Waals surface area contributed by atoms with Crippen molar-refractivity contribution < 1.29 is 5.11 Å². The normalized spacial score (nSPS) is 12.5.